The second-order valence-electron chi connectivity index (χ2n) is 12.4. The number of anilines is 1. The van der Waals surface area contributed by atoms with Crippen molar-refractivity contribution in [3.8, 4) is 29.0 Å². The molecule has 3 aromatic rings. The van der Waals surface area contributed by atoms with E-state index in [0.29, 0.717) is 25.1 Å². The summed E-state index contributed by atoms with van der Waals surface area (Å²) in [6.45, 7) is 10.7. The molecule has 2 amide bonds. The van der Waals surface area contributed by atoms with E-state index in [4.69, 9.17) is 11.0 Å². The van der Waals surface area contributed by atoms with Gasteiger partial charge in [-0.25, -0.2) is 4.39 Å². The monoisotopic (exact) mass is 639 g/mol. The third-order valence-corrected chi connectivity index (χ3v) is 8.96. The number of aromatic nitrogens is 2. The molecular weight excluding hydrogens is 597 g/mol. The number of carbonyl (C=O) groups excluding carboxylic acids is 2. The van der Waals surface area contributed by atoms with E-state index in [1.807, 2.05) is 54.3 Å². The van der Waals surface area contributed by atoms with E-state index in [1.54, 1.807) is 6.07 Å². The zero-order valence-electron chi connectivity index (χ0n) is 27.2. The van der Waals surface area contributed by atoms with Crippen molar-refractivity contribution in [2.75, 3.05) is 18.4 Å². The molecular formula is C36H42FN7O3. The Kier molecular flexibility index (Phi) is 11.2. The number of hydrogen-bond acceptors (Lipinski definition) is 7. The third-order valence-electron chi connectivity index (χ3n) is 8.96. The molecule has 2 aromatic carbocycles. The fraction of sp³-hybridized carbons (Fsp3) is 0.417. The summed E-state index contributed by atoms with van der Waals surface area (Å²) in [4.78, 5) is 26.6. The number of nitrogens with one attached hydrogen (secondary N) is 1. The molecule has 1 aromatic heterocycles. The van der Waals surface area contributed by atoms with Gasteiger partial charge >= 0.3 is 0 Å². The lowest BCUT2D eigenvalue weighted by Crippen LogP contribution is -2.54. The average molecular weight is 640 g/mol. The van der Waals surface area contributed by atoms with Gasteiger partial charge in [0.05, 0.1) is 30.4 Å². The minimum Gasteiger partial charge on any atom is -0.507 e. The van der Waals surface area contributed by atoms with Crippen LogP contribution in [0.5, 0.6) is 5.75 Å². The van der Waals surface area contributed by atoms with Crippen LogP contribution in [-0.4, -0.2) is 50.9 Å². The van der Waals surface area contributed by atoms with Crippen LogP contribution in [0.2, 0.25) is 0 Å². The number of nitrogens with zero attached hydrogens (tertiary/aromatic N) is 5. The summed E-state index contributed by atoms with van der Waals surface area (Å²) in [5, 5.41) is 36.3. The molecule has 0 radical (unpaired) electrons. The van der Waals surface area contributed by atoms with Gasteiger partial charge in [-0.15, -0.1) is 6.58 Å². The summed E-state index contributed by atoms with van der Waals surface area (Å²) >= 11 is 0. The number of carbonyl (C=O) groups is 2. The van der Waals surface area contributed by atoms with Crippen molar-refractivity contribution in [1.82, 2.24) is 14.7 Å². The predicted molar refractivity (Wildman–Crippen MR) is 178 cm³/mol. The first-order valence-corrected chi connectivity index (χ1v) is 15.9. The number of allylic oxidation sites excluding steroid dienone is 1. The number of phenols is 1. The largest absolute Gasteiger partial charge is 0.507 e. The molecule has 47 heavy (non-hydrogen) atoms. The topological polar surface area (TPSA) is 161 Å². The maximum absolute atomic E-state index is 16.1. The molecule has 5 rings (SSSR count). The smallest absolute Gasteiger partial charge is 0.254 e. The molecule has 1 aliphatic heterocycles. The van der Waals surface area contributed by atoms with Crippen molar-refractivity contribution in [1.29, 1.82) is 10.5 Å². The van der Waals surface area contributed by atoms with Gasteiger partial charge in [0, 0.05) is 31.4 Å². The summed E-state index contributed by atoms with van der Waals surface area (Å²) in [5.41, 5.74) is 8.97. The minimum absolute atomic E-state index is 0.0119. The van der Waals surface area contributed by atoms with E-state index in [9.17, 15) is 20.0 Å². The number of aromatic hydroxyl groups is 1. The maximum Gasteiger partial charge on any atom is 0.254 e. The van der Waals surface area contributed by atoms with E-state index in [2.05, 4.69) is 36.9 Å². The van der Waals surface area contributed by atoms with Crippen molar-refractivity contribution in [3.05, 3.63) is 77.5 Å². The number of halogens is 1. The number of phenolic OH excluding ortho intramolecular Hbond substituents is 1. The average Bonchev–Trinajstić information content (AvgIpc) is 3.73. The summed E-state index contributed by atoms with van der Waals surface area (Å²) in [6.07, 6.45) is 2.22. The van der Waals surface area contributed by atoms with Crippen LogP contribution in [0.4, 0.5) is 10.2 Å². The number of likely N-dealkylation sites (tertiary alicyclic amines) is 1. The van der Waals surface area contributed by atoms with Gasteiger partial charge in [0.25, 0.3) is 5.91 Å². The zero-order valence-corrected chi connectivity index (χ0v) is 27.2. The number of piperidine rings is 1. The minimum atomic E-state index is -1.54. The predicted octanol–water partition coefficient (Wildman–Crippen LogP) is 5.84. The van der Waals surface area contributed by atoms with Gasteiger partial charge in [0.2, 0.25) is 5.91 Å². The molecule has 0 spiro atoms. The second kappa shape index (κ2) is 15.1. The maximum atomic E-state index is 16.1. The molecule has 4 atom stereocenters. The van der Waals surface area contributed by atoms with Gasteiger partial charge in [0.1, 0.15) is 23.0 Å². The van der Waals surface area contributed by atoms with Crippen molar-refractivity contribution < 1.29 is 19.1 Å². The Labute approximate surface area is 275 Å². The highest BCUT2D eigenvalue weighted by Gasteiger charge is 2.47. The summed E-state index contributed by atoms with van der Waals surface area (Å²) in [7, 11) is 0. The number of aryl methyl sites for hydroxylation is 1. The molecule has 1 saturated carbocycles. The number of rotatable bonds is 10. The Hall–Kier alpha value is -5.00. The first-order valence-electron chi connectivity index (χ1n) is 15.9. The first-order chi connectivity index (χ1) is 22.5. The van der Waals surface area contributed by atoms with Crippen LogP contribution in [0.15, 0.2) is 60.8 Å². The number of benzene rings is 2. The SMILES string of the molecule is C=C(C)CC.CCc1ccc(-c2ccc(CN3CCC(CC#N)(n4cc(C(N)=O)c(NC(=O)C5CC5C#N)n4)C(F)C3)cc2O)cc1. The lowest BCUT2D eigenvalue weighted by Gasteiger charge is -2.43. The Morgan fingerprint density at radius 3 is 2.40 bits per heavy atom. The van der Waals surface area contributed by atoms with Crippen molar-refractivity contribution >= 4 is 17.6 Å². The van der Waals surface area contributed by atoms with Crippen LogP contribution >= 0.6 is 0 Å². The molecule has 246 valence electrons. The lowest BCUT2D eigenvalue weighted by molar-refractivity contribution is -0.117. The first kappa shape index (κ1) is 34.9. The van der Waals surface area contributed by atoms with Crippen LogP contribution in [0.3, 0.4) is 0 Å². The van der Waals surface area contributed by atoms with E-state index in [-0.39, 0.29) is 42.4 Å². The lowest BCUT2D eigenvalue weighted by atomic mass is 9.83. The Morgan fingerprint density at radius 2 is 1.87 bits per heavy atom. The molecule has 4 N–H and O–H groups in total. The highest BCUT2D eigenvalue weighted by molar-refractivity contribution is 6.03. The molecule has 0 bridgehead atoms. The van der Waals surface area contributed by atoms with Gasteiger partial charge in [-0.05, 0) is 55.4 Å². The second-order valence-corrected chi connectivity index (χ2v) is 12.4. The number of nitriles is 2. The molecule has 4 unspecified atom stereocenters. The van der Waals surface area contributed by atoms with Crippen LogP contribution in [0, 0.1) is 34.5 Å². The Morgan fingerprint density at radius 1 is 1.19 bits per heavy atom. The van der Waals surface area contributed by atoms with Crippen LogP contribution in [-0.2, 0) is 23.3 Å². The molecule has 2 aliphatic rings. The molecule has 1 aliphatic carbocycles. The van der Waals surface area contributed by atoms with Gasteiger partial charge in [-0.1, -0.05) is 55.8 Å². The zero-order chi connectivity index (χ0) is 34.3. The van der Waals surface area contributed by atoms with Crippen LogP contribution < -0.4 is 11.1 Å². The fourth-order valence-electron chi connectivity index (χ4n) is 5.62. The summed E-state index contributed by atoms with van der Waals surface area (Å²) in [5.74, 6) is -2.17. The van der Waals surface area contributed by atoms with Gasteiger partial charge in [-0.2, -0.15) is 15.6 Å². The van der Waals surface area contributed by atoms with Crippen molar-refractivity contribution in [2.24, 2.45) is 17.6 Å². The third kappa shape index (κ3) is 8.05. The van der Waals surface area contributed by atoms with E-state index < -0.39 is 29.4 Å². The molecule has 2 heterocycles. The van der Waals surface area contributed by atoms with E-state index in [0.717, 1.165) is 24.0 Å². The highest BCUT2D eigenvalue weighted by Crippen LogP contribution is 2.40. The number of amides is 2. The quantitative estimate of drug-likeness (QED) is 0.235. The standard InChI is InChI=1S/C31H32FN7O3.C5H10/c1-2-19-3-6-21(7-4-19)23-8-5-20(13-26(23)40)16-38-12-10-31(9-11-33,27(32)18-38)39-17-25(28(35)41)29(37-39)36-30(42)24-14-22(24)15-34;1-4-5(2)3/h3-8,13,17,22,24,27,40H,2,9-10,12,14,16,18H2,1H3,(H2,35,41)(H,36,37,42);2,4H2,1,3H3. The van der Waals surface area contributed by atoms with Gasteiger partial charge < -0.3 is 16.2 Å². The van der Waals surface area contributed by atoms with Gasteiger partial charge in [0.15, 0.2) is 5.82 Å². The number of hydrogen-bond donors (Lipinski definition) is 3. The molecule has 1 saturated heterocycles. The summed E-state index contributed by atoms with van der Waals surface area (Å²) < 4.78 is 17.3. The molecule has 2 fully saturated rings. The van der Waals surface area contributed by atoms with Gasteiger partial charge in [-0.3, -0.25) is 19.2 Å². The van der Waals surface area contributed by atoms with Crippen LogP contribution in [0.1, 0.15) is 67.9 Å². The number of nitrogens with two attached hydrogens (primary N) is 1. The van der Waals surface area contributed by atoms with E-state index in [1.165, 1.54) is 22.0 Å². The Balaban J connectivity index is 0.000000930. The number of primary amides is 1. The summed E-state index contributed by atoms with van der Waals surface area (Å²) in [6, 6.07) is 17.6. The number of alkyl halides is 1. The normalized spacial score (nSPS) is 21.8. The van der Waals surface area contributed by atoms with Crippen molar-refractivity contribution in [3.63, 3.8) is 0 Å². The van der Waals surface area contributed by atoms with Crippen LogP contribution in [0.25, 0.3) is 11.1 Å². The highest BCUT2D eigenvalue weighted by atomic mass is 19.1. The fourth-order valence-corrected chi connectivity index (χ4v) is 5.62. The Bertz CT molecular complexity index is 1700. The molecule has 10 nitrogen and oxygen atoms in total. The van der Waals surface area contributed by atoms with E-state index >= 15 is 4.39 Å². The van der Waals surface area contributed by atoms with Crippen molar-refractivity contribution in [2.45, 2.75) is 71.1 Å². The molecule has 11 heteroatoms.